The lowest BCUT2D eigenvalue weighted by molar-refractivity contribution is -0.288. The highest BCUT2D eigenvalue weighted by Crippen LogP contribution is 2.31. The number of benzene rings is 2. The van der Waals surface area contributed by atoms with Crippen LogP contribution in [0, 0.1) is 0 Å². The van der Waals surface area contributed by atoms with Crippen LogP contribution in [0.4, 0.5) is 0 Å². The molecule has 0 aliphatic carbocycles. The summed E-state index contributed by atoms with van der Waals surface area (Å²) in [7, 11) is 0. The van der Waals surface area contributed by atoms with Crippen LogP contribution in [-0.2, 0) is 65.4 Å². The van der Waals surface area contributed by atoms with Gasteiger partial charge in [0.05, 0.1) is 6.42 Å². The summed E-state index contributed by atoms with van der Waals surface area (Å²) in [5.74, 6) is -3.01. The van der Waals surface area contributed by atoms with E-state index >= 15 is 0 Å². The number of esters is 5. The molecule has 3 rings (SSSR count). The molecule has 2 aromatic rings. The molecule has 5 atom stereocenters. The van der Waals surface area contributed by atoms with Crippen molar-refractivity contribution in [2.24, 2.45) is 0 Å². The fourth-order valence-electron chi connectivity index (χ4n) is 4.06. The van der Waals surface area contributed by atoms with E-state index in [1.807, 2.05) is 30.3 Å². The first-order valence-electron chi connectivity index (χ1n) is 12.8. The van der Waals surface area contributed by atoms with Gasteiger partial charge in [0.2, 0.25) is 12.4 Å². The molecule has 2 aromatic carbocycles. The van der Waals surface area contributed by atoms with Gasteiger partial charge < -0.3 is 33.2 Å². The lowest BCUT2D eigenvalue weighted by atomic mass is 9.98. The molecule has 12 nitrogen and oxygen atoms in total. The van der Waals surface area contributed by atoms with Gasteiger partial charge in [0.15, 0.2) is 12.2 Å². The van der Waals surface area contributed by atoms with Crippen molar-refractivity contribution in [2.75, 3.05) is 6.61 Å². The molecule has 1 aliphatic heterocycles. The van der Waals surface area contributed by atoms with Gasteiger partial charge >= 0.3 is 29.8 Å². The molecule has 0 N–H and O–H groups in total. The number of rotatable bonds is 11. The number of carbonyl (C=O) groups excluding carboxylic acids is 5. The van der Waals surface area contributed by atoms with Gasteiger partial charge in [-0.05, 0) is 23.3 Å². The topological polar surface area (TPSA) is 150 Å². The zero-order valence-corrected chi connectivity index (χ0v) is 23.1. The molecule has 0 unspecified atom stereocenters. The Kier molecular flexibility index (Phi) is 11.2. The average molecular weight is 573 g/mol. The van der Waals surface area contributed by atoms with E-state index in [-0.39, 0.29) is 25.4 Å². The van der Waals surface area contributed by atoms with Crippen molar-refractivity contribution in [3.8, 4) is 5.75 Å². The molecular formula is C29H32O12. The minimum absolute atomic E-state index is 0.0200. The van der Waals surface area contributed by atoms with Gasteiger partial charge in [0, 0.05) is 27.7 Å². The maximum absolute atomic E-state index is 12.3. The van der Waals surface area contributed by atoms with E-state index in [1.165, 1.54) is 6.92 Å². The maximum atomic E-state index is 12.3. The van der Waals surface area contributed by atoms with E-state index in [0.717, 1.165) is 26.3 Å². The highest BCUT2D eigenvalue weighted by molar-refractivity contribution is 5.72. The molecule has 1 saturated heterocycles. The first kappa shape index (κ1) is 31.1. The second-order valence-corrected chi connectivity index (χ2v) is 9.15. The second kappa shape index (κ2) is 14.8. The standard InChI is InChI=1S/C29H32O12/c1-17(30)35-16-24-26(37-18(2)31)27(38-19(3)32)28(39-20(4)33)29(41-24)40-23-12-10-21(11-13-23)14-25(34)36-15-22-8-6-5-7-9-22/h5-13,24,26-29H,14-16H2,1-4H3/t24-,26-,27+,28-,29-/m1/s1. The number of hydrogen-bond donors (Lipinski definition) is 0. The van der Waals surface area contributed by atoms with Gasteiger partial charge in [-0.3, -0.25) is 24.0 Å². The number of hydrogen-bond acceptors (Lipinski definition) is 12. The molecule has 0 bridgehead atoms. The van der Waals surface area contributed by atoms with Crippen LogP contribution in [-0.4, -0.2) is 67.2 Å². The number of carbonyl (C=O) groups is 5. The Morgan fingerprint density at radius 3 is 1.83 bits per heavy atom. The second-order valence-electron chi connectivity index (χ2n) is 9.15. The van der Waals surface area contributed by atoms with Crippen molar-refractivity contribution in [2.45, 2.75) is 71.4 Å². The minimum atomic E-state index is -1.36. The summed E-state index contributed by atoms with van der Waals surface area (Å²) in [6.45, 7) is 4.37. The zero-order chi connectivity index (χ0) is 29.9. The molecule has 1 aliphatic rings. The van der Waals surface area contributed by atoms with Crippen LogP contribution in [0.15, 0.2) is 54.6 Å². The Labute approximate surface area is 236 Å². The van der Waals surface area contributed by atoms with Crippen molar-refractivity contribution in [3.05, 3.63) is 65.7 Å². The van der Waals surface area contributed by atoms with Crippen LogP contribution >= 0.6 is 0 Å². The quantitative estimate of drug-likeness (QED) is 0.287. The van der Waals surface area contributed by atoms with Gasteiger partial charge in [-0.1, -0.05) is 42.5 Å². The predicted molar refractivity (Wildman–Crippen MR) is 139 cm³/mol. The third-order valence-electron chi connectivity index (χ3n) is 5.71. The van der Waals surface area contributed by atoms with E-state index in [1.54, 1.807) is 24.3 Å². The fraction of sp³-hybridized carbons (Fsp3) is 0.414. The summed E-state index contributed by atoms with van der Waals surface area (Å²) < 4.78 is 38.4. The summed E-state index contributed by atoms with van der Waals surface area (Å²) in [6, 6.07) is 15.7. The summed E-state index contributed by atoms with van der Waals surface area (Å²) in [5, 5.41) is 0. The molecule has 1 fully saturated rings. The van der Waals surface area contributed by atoms with E-state index in [2.05, 4.69) is 0 Å². The molecule has 0 aromatic heterocycles. The molecular weight excluding hydrogens is 540 g/mol. The summed E-state index contributed by atoms with van der Waals surface area (Å²) in [4.78, 5) is 59.5. The van der Waals surface area contributed by atoms with Crippen LogP contribution in [0.3, 0.4) is 0 Å². The third kappa shape index (κ3) is 9.91. The molecule has 0 spiro atoms. The van der Waals surface area contributed by atoms with Crippen LogP contribution in [0.25, 0.3) is 0 Å². The van der Waals surface area contributed by atoms with Gasteiger partial charge in [-0.15, -0.1) is 0 Å². The molecule has 1 heterocycles. The lowest BCUT2D eigenvalue weighted by Crippen LogP contribution is -2.63. The highest BCUT2D eigenvalue weighted by atomic mass is 16.7. The Morgan fingerprint density at radius 2 is 1.24 bits per heavy atom. The van der Waals surface area contributed by atoms with E-state index < -0.39 is 60.6 Å². The average Bonchev–Trinajstić information content (AvgIpc) is 2.90. The Balaban J connectivity index is 1.77. The van der Waals surface area contributed by atoms with Crippen LogP contribution < -0.4 is 4.74 Å². The van der Waals surface area contributed by atoms with Crippen molar-refractivity contribution in [3.63, 3.8) is 0 Å². The Morgan fingerprint density at radius 1 is 0.659 bits per heavy atom. The van der Waals surface area contributed by atoms with E-state index in [4.69, 9.17) is 33.2 Å². The molecule has 41 heavy (non-hydrogen) atoms. The normalized spacial score (nSPS) is 21.6. The minimum Gasteiger partial charge on any atom is -0.463 e. The van der Waals surface area contributed by atoms with Crippen LogP contribution in [0.1, 0.15) is 38.8 Å². The van der Waals surface area contributed by atoms with Gasteiger partial charge in [0.25, 0.3) is 0 Å². The Hall–Kier alpha value is -4.45. The summed E-state index contributed by atoms with van der Waals surface area (Å²) in [6.07, 6.45) is -6.48. The maximum Gasteiger partial charge on any atom is 0.310 e. The summed E-state index contributed by atoms with van der Waals surface area (Å²) >= 11 is 0. The van der Waals surface area contributed by atoms with Crippen molar-refractivity contribution in [1.82, 2.24) is 0 Å². The smallest absolute Gasteiger partial charge is 0.310 e. The van der Waals surface area contributed by atoms with Gasteiger partial charge in [-0.25, -0.2) is 0 Å². The highest BCUT2D eigenvalue weighted by Gasteiger charge is 2.53. The van der Waals surface area contributed by atoms with Crippen LogP contribution in [0.2, 0.25) is 0 Å². The molecule has 0 radical (unpaired) electrons. The SMILES string of the molecule is CC(=O)OC[C@H]1O[C@@H](Oc2ccc(CC(=O)OCc3ccccc3)cc2)[C@H](OC(C)=O)[C@@H](OC(C)=O)[C@@H]1OC(C)=O. The van der Waals surface area contributed by atoms with E-state index in [9.17, 15) is 24.0 Å². The molecule has 220 valence electrons. The number of ether oxygens (including phenoxy) is 7. The van der Waals surface area contributed by atoms with Crippen LogP contribution in [0.5, 0.6) is 5.75 Å². The monoisotopic (exact) mass is 572 g/mol. The van der Waals surface area contributed by atoms with Crippen molar-refractivity contribution >= 4 is 29.8 Å². The van der Waals surface area contributed by atoms with Gasteiger partial charge in [-0.2, -0.15) is 0 Å². The molecule has 12 heteroatoms. The lowest BCUT2D eigenvalue weighted by Gasteiger charge is -2.43. The Bertz CT molecular complexity index is 1210. The first-order chi connectivity index (χ1) is 19.5. The van der Waals surface area contributed by atoms with Crippen molar-refractivity contribution < 1.29 is 57.1 Å². The summed E-state index contributed by atoms with van der Waals surface area (Å²) in [5.41, 5.74) is 1.52. The first-order valence-corrected chi connectivity index (χ1v) is 12.8. The molecule has 0 saturated carbocycles. The fourth-order valence-corrected chi connectivity index (χ4v) is 4.06. The zero-order valence-electron chi connectivity index (χ0n) is 23.1. The largest absolute Gasteiger partial charge is 0.463 e. The van der Waals surface area contributed by atoms with Gasteiger partial charge in [0.1, 0.15) is 25.1 Å². The van der Waals surface area contributed by atoms with Crippen molar-refractivity contribution in [1.29, 1.82) is 0 Å². The predicted octanol–water partition coefficient (Wildman–Crippen LogP) is 2.43. The molecule has 0 amide bonds. The third-order valence-corrected chi connectivity index (χ3v) is 5.71. The van der Waals surface area contributed by atoms with E-state index in [0.29, 0.717) is 5.56 Å².